The molecule has 1 aromatic heterocycles. The van der Waals surface area contributed by atoms with Gasteiger partial charge in [0.15, 0.2) is 5.69 Å². The van der Waals surface area contributed by atoms with Gasteiger partial charge >= 0.3 is 5.97 Å². The Kier molecular flexibility index (Phi) is 2.04. The van der Waals surface area contributed by atoms with Crippen LogP contribution in [0.2, 0.25) is 0 Å². The van der Waals surface area contributed by atoms with Crippen molar-refractivity contribution in [1.82, 2.24) is 9.55 Å². The van der Waals surface area contributed by atoms with Crippen LogP contribution in [0.3, 0.4) is 0 Å². The van der Waals surface area contributed by atoms with Gasteiger partial charge in [0.2, 0.25) is 0 Å². The predicted octanol–water partition coefficient (Wildman–Crippen LogP) is 1.50. The lowest BCUT2D eigenvalue weighted by atomic mass is 10.2. The molecule has 0 aliphatic carbocycles. The maximum absolute atomic E-state index is 11.0. The fraction of sp³-hybridized carbons (Fsp3) is 0.0833. The van der Waals surface area contributed by atoms with E-state index in [2.05, 4.69) is 9.98 Å². The Labute approximate surface area is 97.1 Å². The number of imidazole rings is 1. The maximum Gasteiger partial charge on any atom is 0.356 e. The molecule has 1 aliphatic heterocycles. The maximum atomic E-state index is 11.0. The van der Waals surface area contributed by atoms with Gasteiger partial charge < -0.3 is 5.11 Å². The molecule has 1 aromatic carbocycles. The van der Waals surface area contributed by atoms with E-state index in [1.165, 1.54) is 6.33 Å². The molecule has 0 radical (unpaired) electrons. The van der Waals surface area contributed by atoms with Gasteiger partial charge in [0.25, 0.3) is 0 Å². The highest BCUT2D eigenvalue weighted by atomic mass is 16.4. The largest absolute Gasteiger partial charge is 0.476 e. The van der Waals surface area contributed by atoms with E-state index < -0.39 is 5.97 Å². The first-order valence-electron chi connectivity index (χ1n) is 5.16. The second-order valence-corrected chi connectivity index (χ2v) is 3.74. The van der Waals surface area contributed by atoms with Gasteiger partial charge in [-0.15, -0.1) is 0 Å². The van der Waals surface area contributed by atoms with E-state index in [0.29, 0.717) is 12.2 Å². The van der Waals surface area contributed by atoms with Crippen molar-refractivity contribution < 1.29 is 9.90 Å². The molecule has 2 aromatic rings. The molecular weight excluding hydrogens is 218 g/mol. The van der Waals surface area contributed by atoms with Crippen LogP contribution in [0.5, 0.6) is 0 Å². The lowest BCUT2D eigenvalue weighted by molar-refractivity contribution is 0.0689. The summed E-state index contributed by atoms with van der Waals surface area (Å²) in [5, 5.41) is 9.04. The number of carboxylic acid groups (broad SMARTS) is 1. The average molecular weight is 227 g/mol. The van der Waals surface area contributed by atoms with Crippen LogP contribution in [0.4, 0.5) is 0 Å². The Balaban J connectivity index is 2.28. The number of aromatic carboxylic acids is 1. The van der Waals surface area contributed by atoms with Crippen molar-refractivity contribution in [3.8, 4) is 5.69 Å². The van der Waals surface area contributed by atoms with E-state index in [9.17, 15) is 4.79 Å². The number of carboxylic acids is 1. The van der Waals surface area contributed by atoms with Crippen molar-refractivity contribution in [3.05, 3.63) is 47.5 Å². The van der Waals surface area contributed by atoms with Crippen LogP contribution in [-0.2, 0) is 6.54 Å². The summed E-state index contributed by atoms with van der Waals surface area (Å²) in [6, 6.07) is 7.69. The molecule has 3 rings (SSSR count). The summed E-state index contributed by atoms with van der Waals surface area (Å²) in [6.07, 6.45) is 3.29. The quantitative estimate of drug-likeness (QED) is 0.802. The molecule has 5 heteroatoms. The number of carbonyl (C=O) groups is 1. The standard InChI is InChI=1S/C12H9N3O2/c16-12(17)11-10-6-13-5-8-3-1-2-4-9(8)15(10)7-14-11/h1-5,7H,6H2,(H,16,17). The Morgan fingerprint density at radius 2 is 2.18 bits per heavy atom. The molecule has 5 nitrogen and oxygen atoms in total. The SMILES string of the molecule is O=C(O)c1ncn2c1CN=Cc1ccccc1-2. The Bertz CT molecular complexity index is 628. The molecule has 0 atom stereocenters. The lowest BCUT2D eigenvalue weighted by Gasteiger charge is -2.06. The van der Waals surface area contributed by atoms with Crippen molar-refractivity contribution >= 4 is 12.2 Å². The van der Waals surface area contributed by atoms with Gasteiger partial charge in [0.1, 0.15) is 6.33 Å². The summed E-state index contributed by atoms with van der Waals surface area (Å²) in [4.78, 5) is 19.2. The van der Waals surface area contributed by atoms with Gasteiger partial charge in [-0.3, -0.25) is 9.56 Å². The highest BCUT2D eigenvalue weighted by Crippen LogP contribution is 2.21. The number of hydrogen-bond acceptors (Lipinski definition) is 3. The fourth-order valence-electron chi connectivity index (χ4n) is 1.96. The van der Waals surface area contributed by atoms with Crippen LogP contribution < -0.4 is 0 Å². The third-order valence-corrected chi connectivity index (χ3v) is 2.74. The minimum absolute atomic E-state index is 0.0684. The molecule has 0 unspecified atom stereocenters. The van der Waals surface area contributed by atoms with Gasteiger partial charge in [-0.05, 0) is 6.07 Å². The summed E-state index contributed by atoms with van der Waals surface area (Å²) in [7, 11) is 0. The first kappa shape index (κ1) is 9.77. The Morgan fingerprint density at radius 3 is 3.00 bits per heavy atom. The van der Waals surface area contributed by atoms with E-state index in [1.54, 1.807) is 10.8 Å². The van der Waals surface area contributed by atoms with E-state index in [1.807, 2.05) is 24.3 Å². The zero-order valence-corrected chi connectivity index (χ0v) is 8.87. The molecule has 0 spiro atoms. The topological polar surface area (TPSA) is 67.5 Å². The number of para-hydroxylation sites is 1. The minimum Gasteiger partial charge on any atom is -0.476 e. The van der Waals surface area contributed by atoms with E-state index in [-0.39, 0.29) is 5.69 Å². The summed E-state index contributed by atoms with van der Waals surface area (Å²) >= 11 is 0. The van der Waals surface area contributed by atoms with Gasteiger partial charge in [0, 0.05) is 11.8 Å². The normalized spacial score (nSPS) is 12.7. The molecule has 2 heterocycles. The van der Waals surface area contributed by atoms with E-state index in [0.717, 1.165) is 11.3 Å². The first-order chi connectivity index (χ1) is 8.27. The predicted molar refractivity (Wildman–Crippen MR) is 61.8 cm³/mol. The molecule has 1 N–H and O–H groups in total. The van der Waals surface area contributed by atoms with Gasteiger partial charge in [-0.25, -0.2) is 9.78 Å². The first-order valence-corrected chi connectivity index (χ1v) is 5.16. The smallest absolute Gasteiger partial charge is 0.356 e. The van der Waals surface area contributed by atoms with Crippen molar-refractivity contribution in [2.24, 2.45) is 4.99 Å². The van der Waals surface area contributed by atoms with Crippen LogP contribution in [-0.4, -0.2) is 26.8 Å². The van der Waals surface area contributed by atoms with Crippen LogP contribution in [0, 0.1) is 0 Å². The molecule has 17 heavy (non-hydrogen) atoms. The molecule has 0 bridgehead atoms. The van der Waals surface area contributed by atoms with E-state index >= 15 is 0 Å². The summed E-state index contributed by atoms with van der Waals surface area (Å²) < 4.78 is 1.78. The second-order valence-electron chi connectivity index (χ2n) is 3.74. The van der Waals surface area contributed by atoms with Crippen LogP contribution in [0.1, 0.15) is 21.7 Å². The third-order valence-electron chi connectivity index (χ3n) is 2.74. The molecule has 0 saturated carbocycles. The second kappa shape index (κ2) is 3.55. The van der Waals surface area contributed by atoms with Gasteiger partial charge in [-0.1, -0.05) is 18.2 Å². The minimum atomic E-state index is -1.02. The molecular formula is C12H9N3O2. The van der Waals surface area contributed by atoms with Crippen LogP contribution in [0.25, 0.3) is 5.69 Å². The number of nitrogens with zero attached hydrogens (tertiary/aromatic N) is 3. The van der Waals surface area contributed by atoms with Gasteiger partial charge in [0.05, 0.1) is 17.9 Å². The zero-order valence-electron chi connectivity index (χ0n) is 8.87. The lowest BCUT2D eigenvalue weighted by Crippen LogP contribution is -2.05. The summed E-state index contributed by atoms with van der Waals surface area (Å²) in [6.45, 7) is 0.330. The molecule has 0 amide bonds. The third kappa shape index (κ3) is 1.44. The molecule has 1 aliphatic rings. The fourth-order valence-corrected chi connectivity index (χ4v) is 1.96. The number of aromatic nitrogens is 2. The zero-order chi connectivity index (χ0) is 11.8. The monoisotopic (exact) mass is 227 g/mol. The number of hydrogen-bond donors (Lipinski definition) is 1. The number of benzene rings is 1. The molecule has 0 saturated heterocycles. The van der Waals surface area contributed by atoms with Crippen LogP contribution >= 0.6 is 0 Å². The van der Waals surface area contributed by atoms with Crippen molar-refractivity contribution in [2.75, 3.05) is 0 Å². The van der Waals surface area contributed by atoms with Gasteiger partial charge in [-0.2, -0.15) is 0 Å². The van der Waals surface area contributed by atoms with Crippen molar-refractivity contribution in [2.45, 2.75) is 6.54 Å². The van der Waals surface area contributed by atoms with E-state index in [4.69, 9.17) is 5.11 Å². The summed E-state index contributed by atoms with van der Waals surface area (Å²) in [5.41, 5.74) is 2.54. The van der Waals surface area contributed by atoms with Crippen LogP contribution in [0.15, 0.2) is 35.6 Å². The summed E-state index contributed by atoms with van der Waals surface area (Å²) in [5.74, 6) is -1.02. The number of rotatable bonds is 1. The average Bonchev–Trinajstić information content (AvgIpc) is 2.66. The highest BCUT2D eigenvalue weighted by Gasteiger charge is 2.19. The highest BCUT2D eigenvalue weighted by molar-refractivity contribution is 5.89. The van der Waals surface area contributed by atoms with Crippen molar-refractivity contribution in [1.29, 1.82) is 0 Å². The van der Waals surface area contributed by atoms with Crippen molar-refractivity contribution in [3.63, 3.8) is 0 Å². The Hall–Kier alpha value is -2.43. The molecule has 0 fully saturated rings. The number of aliphatic imine (C=N–C) groups is 1. The molecule has 84 valence electrons. The number of fused-ring (bicyclic) bond motifs is 3. The Morgan fingerprint density at radius 1 is 1.35 bits per heavy atom.